The number of benzene rings is 1. The van der Waals surface area contributed by atoms with E-state index in [1.807, 2.05) is 36.4 Å². The normalized spacial score (nSPS) is 14.1. The summed E-state index contributed by atoms with van der Waals surface area (Å²) in [5, 5.41) is 5.87. The summed E-state index contributed by atoms with van der Waals surface area (Å²) < 4.78 is 5.62. The molecule has 0 saturated heterocycles. The number of nitrogens with zero attached hydrogens (tertiary/aromatic N) is 1. The Morgan fingerprint density at radius 1 is 1.17 bits per heavy atom. The first-order valence-corrected chi connectivity index (χ1v) is 10.1. The summed E-state index contributed by atoms with van der Waals surface area (Å²) in [4.78, 5) is 27.9. The fraction of sp³-hybridized carbons (Fsp3) is 0.348. The van der Waals surface area contributed by atoms with E-state index in [0.717, 1.165) is 24.0 Å². The summed E-state index contributed by atoms with van der Waals surface area (Å²) in [6.45, 7) is 0.539. The van der Waals surface area contributed by atoms with Crippen LogP contribution in [0.4, 0.5) is 0 Å². The van der Waals surface area contributed by atoms with Crippen molar-refractivity contribution in [2.75, 3.05) is 13.2 Å². The van der Waals surface area contributed by atoms with E-state index in [2.05, 4.69) is 15.6 Å². The lowest BCUT2D eigenvalue weighted by Crippen LogP contribution is -2.36. The number of aromatic nitrogens is 1. The average Bonchev–Trinajstić information content (AvgIpc) is 3.25. The number of pyridine rings is 1. The quantitative estimate of drug-likeness (QED) is 0.642. The number of rotatable bonds is 9. The van der Waals surface area contributed by atoms with Crippen molar-refractivity contribution in [1.82, 2.24) is 15.6 Å². The summed E-state index contributed by atoms with van der Waals surface area (Å²) in [6.07, 6.45) is 11.8. The van der Waals surface area contributed by atoms with Crippen molar-refractivity contribution in [3.8, 4) is 5.75 Å². The lowest BCUT2D eigenvalue weighted by Gasteiger charge is -2.13. The summed E-state index contributed by atoms with van der Waals surface area (Å²) in [7, 11) is 0. The number of hydrogen-bond donors (Lipinski definition) is 2. The molecule has 1 aromatic heterocycles. The van der Waals surface area contributed by atoms with Crippen molar-refractivity contribution in [1.29, 1.82) is 0 Å². The maximum absolute atomic E-state index is 12.0. The lowest BCUT2D eigenvalue weighted by atomic mass is 10.1. The van der Waals surface area contributed by atoms with Crippen LogP contribution in [0.25, 0.3) is 6.08 Å². The van der Waals surface area contributed by atoms with E-state index in [1.54, 1.807) is 18.5 Å². The van der Waals surface area contributed by atoms with E-state index in [0.29, 0.717) is 24.8 Å². The first kappa shape index (κ1) is 20.6. The van der Waals surface area contributed by atoms with Crippen LogP contribution in [0.15, 0.2) is 54.9 Å². The highest BCUT2D eigenvalue weighted by Crippen LogP contribution is 2.18. The molecule has 1 heterocycles. The van der Waals surface area contributed by atoms with E-state index in [4.69, 9.17) is 4.74 Å². The predicted octanol–water partition coefficient (Wildman–Crippen LogP) is 2.89. The minimum atomic E-state index is -0.148. The molecule has 0 bridgehead atoms. The Balaban J connectivity index is 1.38. The molecule has 6 nitrogen and oxygen atoms in total. The Bertz CT molecular complexity index is 830. The topological polar surface area (TPSA) is 80.3 Å². The smallest absolute Gasteiger partial charge is 0.258 e. The van der Waals surface area contributed by atoms with Crippen LogP contribution >= 0.6 is 0 Å². The second-order valence-corrected chi connectivity index (χ2v) is 7.15. The molecule has 152 valence electrons. The van der Waals surface area contributed by atoms with E-state index in [1.165, 1.54) is 18.9 Å². The predicted molar refractivity (Wildman–Crippen MR) is 112 cm³/mol. The van der Waals surface area contributed by atoms with Crippen molar-refractivity contribution < 1.29 is 14.3 Å². The van der Waals surface area contributed by atoms with Gasteiger partial charge in [0.25, 0.3) is 5.91 Å². The Kier molecular flexibility index (Phi) is 7.81. The molecule has 2 N–H and O–H groups in total. The SMILES string of the molecule is O=C(/C=C/c1cccnc1)NCCc1cccc(OCC(=O)NC2CCCC2)c1. The zero-order valence-corrected chi connectivity index (χ0v) is 16.5. The molecule has 0 unspecified atom stereocenters. The molecule has 1 aliphatic rings. The molecule has 2 amide bonds. The second-order valence-electron chi connectivity index (χ2n) is 7.15. The number of carbonyl (C=O) groups excluding carboxylic acids is 2. The average molecular weight is 393 g/mol. The van der Waals surface area contributed by atoms with Gasteiger partial charge >= 0.3 is 0 Å². The van der Waals surface area contributed by atoms with Gasteiger partial charge in [-0.05, 0) is 54.7 Å². The Hall–Kier alpha value is -3.15. The number of amides is 2. The Morgan fingerprint density at radius 3 is 2.83 bits per heavy atom. The molecule has 29 heavy (non-hydrogen) atoms. The lowest BCUT2D eigenvalue weighted by molar-refractivity contribution is -0.123. The molecule has 1 fully saturated rings. The second kappa shape index (κ2) is 11.0. The summed E-state index contributed by atoms with van der Waals surface area (Å²) in [6, 6.07) is 11.6. The van der Waals surface area contributed by atoms with Crippen LogP contribution in [-0.2, 0) is 16.0 Å². The van der Waals surface area contributed by atoms with Gasteiger partial charge in [0.05, 0.1) is 0 Å². The molecule has 1 aliphatic carbocycles. The van der Waals surface area contributed by atoms with Gasteiger partial charge in [-0.15, -0.1) is 0 Å². The standard InChI is InChI=1S/C23H27N3O3/c27-22(11-10-19-6-4-13-24-16-19)25-14-12-18-5-3-9-21(15-18)29-17-23(28)26-20-7-1-2-8-20/h3-6,9-11,13,15-16,20H,1-2,7-8,12,14,17H2,(H,25,27)(H,26,28)/b11-10+. The fourth-order valence-electron chi connectivity index (χ4n) is 3.31. The highest BCUT2D eigenvalue weighted by Gasteiger charge is 2.17. The number of ether oxygens (including phenoxy) is 1. The molecule has 0 aliphatic heterocycles. The van der Waals surface area contributed by atoms with Crippen LogP contribution < -0.4 is 15.4 Å². The third kappa shape index (κ3) is 7.41. The van der Waals surface area contributed by atoms with E-state index in [-0.39, 0.29) is 18.4 Å². The third-order valence-corrected chi connectivity index (χ3v) is 4.81. The van der Waals surface area contributed by atoms with Crippen LogP contribution in [0, 0.1) is 0 Å². The van der Waals surface area contributed by atoms with Crippen molar-refractivity contribution in [3.05, 3.63) is 66.0 Å². The molecule has 2 aromatic rings. The van der Waals surface area contributed by atoms with Gasteiger partial charge < -0.3 is 15.4 Å². The number of hydrogen-bond acceptors (Lipinski definition) is 4. The molecule has 0 spiro atoms. The maximum Gasteiger partial charge on any atom is 0.258 e. The van der Waals surface area contributed by atoms with E-state index in [9.17, 15) is 9.59 Å². The Morgan fingerprint density at radius 2 is 2.03 bits per heavy atom. The molecule has 0 radical (unpaired) electrons. The molecular weight excluding hydrogens is 366 g/mol. The van der Waals surface area contributed by atoms with Gasteiger partial charge in [0, 0.05) is 31.1 Å². The Labute approximate surface area is 171 Å². The summed E-state index contributed by atoms with van der Waals surface area (Å²) in [5.41, 5.74) is 1.92. The van der Waals surface area contributed by atoms with Gasteiger partial charge in [0.1, 0.15) is 5.75 Å². The molecule has 1 aromatic carbocycles. The largest absolute Gasteiger partial charge is 0.484 e. The minimum absolute atomic E-state index is 0.0236. The first-order valence-electron chi connectivity index (χ1n) is 10.1. The van der Waals surface area contributed by atoms with Crippen LogP contribution in [-0.4, -0.2) is 36.0 Å². The van der Waals surface area contributed by atoms with Crippen molar-refractivity contribution >= 4 is 17.9 Å². The number of nitrogens with one attached hydrogen (secondary N) is 2. The fourth-order valence-corrected chi connectivity index (χ4v) is 3.31. The van der Waals surface area contributed by atoms with Gasteiger partial charge in [-0.1, -0.05) is 31.0 Å². The van der Waals surface area contributed by atoms with E-state index >= 15 is 0 Å². The molecule has 0 atom stereocenters. The minimum Gasteiger partial charge on any atom is -0.484 e. The van der Waals surface area contributed by atoms with Crippen LogP contribution in [0.3, 0.4) is 0 Å². The maximum atomic E-state index is 12.0. The highest BCUT2D eigenvalue weighted by molar-refractivity contribution is 5.91. The van der Waals surface area contributed by atoms with Gasteiger partial charge in [-0.3, -0.25) is 14.6 Å². The monoisotopic (exact) mass is 393 g/mol. The van der Waals surface area contributed by atoms with Crippen molar-refractivity contribution in [2.45, 2.75) is 38.1 Å². The molecular formula is C23H27N3O3. The molecule has 6 heteroatoms. The van der Waals surface area contributed by atoms with Crippen molar-refractivity contribution in [2.24, 2.45) is 0 Å². The highest BCUT2D eigenvalue weighted by atomic mass is 16.5. The van der Waals surface area contributed by atoms with Crippen LogP contribution in [0.2, 0.25) is 0 Å². The molecule has 1 saturated carbocycles. The third-order valence-electron chi connectivity index (χ3n) is 4.81. The van der Waals surface area contributed by atoms with Gasteiger partial charge in [-0.2, -0.15) is 0 Å². The van der Waals surface area contributed by atoms with Crippen molar-refractivity contribution in [3.63, 3.8) is 0 Å². The first-order chi connectivity index (χ1) is 14.2. The summed E-state index contributed by atoms with van der Waals surface area (Å²) >= 11 is 0. The van der Waals surface area contributed by atoms with E-state index < -0.39 is 0 Å². The van der Waals surface area contributed by atoms with Gasteiger partial charge in [0.15, 0.2) is 6.61 Å². The van der Waals surface area contributed by atoms with Crippen LogP contribution in [0.1, 0.15) is 36.8 Å². The summed E-state index contributed by atoms with van der Waals surface area (Å²) in [5.74, 6) is 0.437. The number of carbonyl (C=O) groups is 2. The van der Waals surface area contributed by atoms with Crippen LogP contribution in [0.5, 0.6) is 5.75 Å². The zero-order chi connectivity index (χ0) is 20.3. The molecule has 3 rings (SSSR count). The van der Waals surface area contributed by atoms with Gasteiger partial charge in [0.2, 0.25) is 5.91 Å². The van der Waals surface area contributed by atoms with Gasteiger partial charge in [-0.25, -0.2) is 0 Å². The zero-order valence-electron chi connectivity index (χ0n) is 16.5.